The minimum absolute atomic E-state index is 0.228. The highest BCUT2D eigenvalue weighted by Crippen LogP contribution is 2.19. The molecule has 1 heterocycles. The number of amides is 1. The van der Waals surface area contributed by atoms with Gasteiger partial charge in [0.15, 0.2) is 0 Å². The summed E-state index contributed by atoms with van der Waals surface area (Å²) in [5.41, 5.74) is 8.40. The van der Waals surface area contributed by atoms with Crippen LogP contribution >= 0.6 is 11.6 Å². The third-order valence-corrected chi connectivity index (χ3v) is 3.10. The first-order valence-corrected chi connectivity index (χ1v) is 6.17. The van der Waals surface area contributed by atoms with Gasteiger partial charge >= 0.3 is 0 Å². The van der Waals surface area contributed by atoms with Gasteiger partial charge in [-0.05, 0) is 25.1 Å². The quantitative estimate of drug-likeness (QED) is 0.842. The van der Waals surface area contributed by atoms with E-state index in [2.05, 4.69) is 10.4 Å². The number of nitrogens with one attached hydrogen (secondary N) is 1. The van der Waals surface area contributed by atoms with Gasteiger partial charge in [-0.15, -0.1) is 0 Å². The molecule has 0 aliphatic carbocycles. The van der Waals surface area contributed by atoms with Crippen molar-refractivity contribution in [3.05, 3.63) is 46.2 Å². The lowest BCUT2D eigenvalue weighted by Gasteiger charge is -2.06. The first kappa shape index (κ1) is 13.4. The summed E-state index contributed by atoms with van der Waals surface area (Å²) in [6, 6.07) is 4.82. The molecule has 0 aliphatic rings. The van der Waals surface area contributed by atoms with Gasteiger partial charge in [0.1, 0.15) is 0 Å². The molecule has 1 aromatic heterocycles. The number of nitrogens with zero attached hydrogens (tertiary/aromatic N) is 2. The number of carbonyl (C=O) groups excluding carboxylic acids is 1. The van der Waals surface area contributed by atoms with Crippen molar-refractivity contribution in [3.63, 3.8) is 0 Å². The zero-order chi connectivity index (χ0) is 14.0. The normalized spacial score (nSPS) is 10.5. The minimum atomic E-state index is -0.228. The number of nitrogen functional groups attached to an aromatic ring is 1. The first-order chi connectivity index (χ1) is 8.97. The second-order valence-electron chi connectivity index (χ2n) is 4.34. The third kappa shape index (κ3) is 3.06. The van der Waals surface area contributed by atoms with Crippen molar-refractivity contribution in [2.24, 2.45) is 7.05 Å². The molecule has 0 fully saturated rings. The fourth-order valence-electron chi connectivity index (χ4n) is 1.81. The molecular formula is C13H15ClN4O. The molecule has 19 heavy (non-hydrogen) atoms. The second kappa shape index (κ2) is 5.32. The van der Waals surface area contributed by atoms with E-state index < -0.39 is 0 Å². The van der Waals surface area contributed by atoms with Crippen molar-refractivity contribution in [1.29, 1.82) is 0 Å². The molecular weight excluding hydrogens is 264 g/mol. The van der Waals surface area contributed by atoms with E-state index >= 15 is 0 Å². The number of halogens is 1. The predicted octanol–water partition coefficient (Wildman–Crippen LogP) is 1.89. The standard InChI is InChI=1S/C13H15ClN4O/c1-8-9(7-18(2)17-8)6-16-13(19)11-4-3-10(15)5-12(11)14/h3-5,7H,6,15H2,1-2H3,(H,16,19). The summed E-state index contributed by atoms with van der Waals surface area (Å²) >= 11 is 5.98. The van der Waals surface area contributed by atoms with E-state index in [1.54, 1.807) is 22.9 Å². The van der Waals surface area contributed by atoms with Crippen molar-refractivity contribution in [2.45, 2.75) is 13.5 Å². The summed E-state index contributed by atoms with van der Waals surface area (Å²) in [5.74, 6) is -0.228. The van der Waals surface area contributed by atoms with Gasteiger partial charge in [-0.2, -0.15) is 5.10 Å². The Morgan fingerprint density at radius 1 is 1.53 bits per heavy atom. The Morgan fingerprint density at radius 3 is 2.84 bits per heavy atom. The van der Waals surface area contributed by atoms with Crippen molar-refractivity contribution >= 4 is 23.2 Å². The fraction of sp³-hybridized carbons (Fsp3) is 0.231. The van der Waals surface area contributed by atoms with Gasteiger partial charge in [0.05, 0.1) is 16.3 Å². The van der Waals surface area contributed by atoms with Crippen LogP contribution in [0, 0.1) is 6.92 Å². The maximum Gasteiger partial charge on any atom is 0.253 e. The van der Waals surface area contributed by atoms with Gasteiger partial charge in [0.2, 0.25) is 0 Å². The van der Waals surface area contributed by atoms with E-state index in [1.807, 2.05) is 20.2 Å². The number of nitrogens with two attached hydrogens (primary N) is 1. The Kier molecular flexibility index (Phi) is 3.76. The zero-order valence-electron chi connectivity index (χ0n) is 10.8. The highest BCUT2D eigenvalue weighted by Gasteiger charge is 2.11. The average molecular weight is 279 g/mol. The molecule has 2 aromatic rings. The summed E-state index contributed by atoms with van der Waals surface area (Å²) in [5, 5.41) is 7.37. The van der Waals surface area contributed by atoms with E-state index in [9.17, 15) is 4.79 Å². The molecule has 3 N–H and O–H groups in total. The van der Waals surface area contributed by atoms with Crippen LogP contribution in [0.25, 0.3) is 0 Å². The minimum Gasteiger partial charge on any atom is -0.399 e. The number of aryl methyl sites for hydroxylation is 2. The SMILES string of the molecule is Cc1nn(C)cc1CNC(=O)c1ccc(N)cc1Cl. The lowest BCUT2D eigenvalue weighted by atomic mass is 10.2. The van der Waals surface area contributed by atoms with Gasteiger partial charge in [-0.1, -0.05) is 11.6 Å². The molecule has 2 rings (SSSR count). The predicted molar refractivity (Wildman–Crippen MR) is 75.0 cm³/mol. The summed E-state index contributed by atoms with van der Waals surface area (Å²) in [7, 11) is 1.84. The van der Waals surface area contributed by atoms with E-state index in [0.717, 1.165) is 11.3 Å². The Hall–Kier alpha value is -2.01. The zero-order valence-corrected chi connectivity index (χ0v) is 11.5. The second-order valence-corrected chi connectivity index (χ2v) is 4.74. The van der Waals surface area contributed by atoms with Gasteiger partial charge in [0.25, 0.3) is 5.91 Å². The molecule has 0 atom stereocenters. The van der Waals surface area contributed by atoms with E-state index in [1.165, 1.54) is 0 Å². The van der Waals surface area contributed by atoms with Gasteiger partial charge in [0, 0.05) is 31.0 Å². The van der Waals surface area contributed by atoms with Crippen molar-refractivity contribution in [2.75, 3.05) is 5.73 Å². The van der Waals surface area contributed by atoms with Crippen LogP contribution in [0.4, 0.5) is 5.69 Å². The monoisotopic (exact) mass is 278 g/mol. The van der Waals surface area contributed by atoms with Crippen LogP contribution in [-0.4, -0.2) is 15.7 Å². The summed E-state index contributed by atoms with van der Waals surface area (Å²) in [4.78, 5) is 12.0. The molecule has 0 unspecified atom stereocenters. The van der Waals surface area contributed by atoms with Gasteiger partial charge in [-0.3, -0.25) is 9.48 Å². The number of hydrogen-bond donors (Lipinski definition) is 2. The topological polar surface area (TPSA) is 72.9 Å². The van der Waals surface area contributed by atoms with Crippen LogP contribution < -0.4 is 11.1 Å². The molecule has 0 bridgehead atoms. The van der Waals surface area contributed by atoms with Crippen LogP contribution in [0.15, 0.2) is 24.4 Å². The highest BCUT2D eigenvalue weighted by molar-refractivity contribution is 6.34. The Balaban J connectivity index is 2.07. The number of anilines is 1. The lowest BCUT2D eigenvalue weighted by Crippen LogP contribution is -2.23. The maximum atomic E-state index is 12.0. The van der Waals surface area contributed by atoms with Crippen molar-refractivity contribution in [3.8, 4) is 0 Å². The Labute approximate surface area is 116 Å². The molecule has 100 valence electrons. The lowest BCUT2D eigenvalue weighted by molar-refractivity contribution is 0.0951. The average Bonchev–Trinajstić information content (AvgIpc) is 2.65. The number of hydrogen-bond acceptors (Lipinski definition) is 3. The van der Waals surface area contributed by atoms with Gasteiger partial charge in [-0.25, -0.2) is 0 Å². The number of aromatic nitrogens is 2. The summed E-state index contributed by atoms with van der Waals surface area (Å²) < 4.78 is 1.72. The van der Waals surface area contributed by atoms with E-state index in [0.29, 0.717) is 22.8 Å². The maximum absolute atomic E-state index is 12.0. The molecule has 0 saturated carbocycles. The van der Waals surface area contributed by atoms with Gasteiger partial charge < -0.3 is 11.1 Å². The number of carbonyl (C=O) groups is 1. The first-order valence-electron chi connectivity index (χ1n) is 5.79. The number of rotatable bonds is 3. The van der Waals surface area contributed by atoms with Crippen LogP contribution in [-0.2, 0) is 13.6 Å². The largest absolute Gasteiger partial charge is 0.399 e. The van der Waals surface area contributed by atoms with Crippen molar-refractivity contribution < 1.29 is 4.79 Å². The molecule has 0 radical (unpaired) electrons. The summed E-state index contributed by atoms with van der Waals surface area (Å²) in [6.45, 7) is 2.32. The summed E-state index contributed by atoms with van der Waals surface area (Å²) in [6.07, 6.45) is 1.88. The molecule has 1 amide bonds. The molecule has 1 aromatic carbocycles. The Morgan fingerprint density at radius 2 is 2.26 bits per heavy atom. The van der Waals surface area contributed by atoms with Crippen LogP contribution in [0.3, 0.4) is 0 Å². The van der Waals surface area contributed by atoms with Crippen molar-refractivity contribution in [1.82, 2.24) is 15.1 Å². The Bertz CT molecular complexity index is 621. The molecule has 0 saturated heterocycles. The molecule has 5 nitrogen and oxygen atoms in total. The molecule has 6 heteroatoms. The highest BCUT2D eigenvalue weighted by atomic mass is 35.5. The third-order valence-electron chi connectivity index (χ3n) is 2.79. The number of benzene rings is 1. The molecule has 0 spiro atoms. The molecule has 0 aliphatic heterocycles. The van der Waals surface area contributed by atoms with E-state index in [-0.39, 0.29) is 5.91 Å². The smallest absolute Gasteiger partial charge is 0.253 e. The van der Waals surface area contributed by atoms with E-state index in [4.69, 9.17) is 17.3 Å². The van der Waals surface area contributed by atoms with Crippen LogP contribution in [0.1, 0.15) is 21.6 Å². The fourth-order valence-corrected chi connectivity index (χ4v) is 2.08. The van der Waals surface area contributed by atoms with Crippen LogP contribution in [0.2, 0.25) is 5.02 Å². The van der Waals surface area contributed by atoms with Crippen LogP contribution in [0.5, 0.6) is 0 Å².